The van der Waals surface area contributed by atoms with Crippen LogP contribution in [-0.4, -0.2) is 56.7 Å². The van der Waals surface area contributed by atoms with Crippen molar-refractivity contribution in [3.05, 3.63) is 35.5 Å². The quantitative estimate of drug-likeness (QED) is 0.822. The lowest BCUT2D eigenvalue weighted by atomic mass is 9.90. The van der Waals surface area contributed by atoms with E-state index in [-0.39, 0.29) is 17.9 Å². The van der Waals surface area contributed by atoms with Gasteiger partial charge in [-0.1, -0.05) is 5.16 Å². The number of fused-ring (bicyclic) bond motifs is 1. The molecule has 0 aliphatic carbocycles. The van der Waals surface area contributed by atoms with Crippen molar-refractivity contribution in [2.45, 2.75) is 26.4 Å². The largest absolute Gasteiger partial charge is 0.376 e. The van der Waals surface area contributed by atoms with Crippen molar-refractivity contribution in [3.63, 3.8) is 0 Å². The summed E-state index contributed by atoms with van der Waals surface area (Å²) in [7, 11) is 0. The van der Waals surface area contributed by atoms with Gasteiger partial charge in [-0.3, -0.25) is 9.78 Å². The van der Waals surface area contributed by atoms with Gasteiger partial charge in [-0.2, -0.15) is 4.98 Å². The van der Waals surface area contributed by atoms with Gasteiger partial charge in [0.25, 0.3) is 5.91 Å². The summed E-state index contributed by atoms with van der Waals surface area (Å²) in [6.45, 7) is 5.58. The van der Waals surface area contributed by atoms with Crippen molar-refractivity contribution < 1.29 is 14.1 Å². The Morgan fingerprint density at radius 2 is 2.17 bits per heavy atom. The first kappa shape index (κ1) is 15.2. The van der Waals surface area contributed by atoms with Gasteiger partial charge in [-0.15, -0.1) is 0 Å². The first-order chi connectivity index (χ1) is 11.6. The molecule has 8 heteroatoms. The van der Waals surface area contributed by atoms with Crippen LogP contribution in [0.2, 0.25) is 0 Å². The Morgan fingerprint density at radius 1 is 1.29 bits per heavy atom. The number of aromatic nitrogens is 4. The van der Waals surface area contributed by atoms with Crippen molar-refractivity contribution >= 4 is 5.91 Å². The molecule has 8 nitrogen and oxygen atoms in total. The Kier molecular flexibility index (Phi) is 3.76. The molecular weight excluding hydrogens is 310 g/mol. The first-order valence-corrected chi connectivity index (χ1v) is 8.09. The predicted octanol–water partition coefficient (Wildman–Crippen LogP) is 0.806. The molecule has 24 heavy (non-hydrogen) atoms. The Hall–Kier alpha value is -2.35. The summed E-state index contributed by atoms with van der Waals surface area (Å²) in [5.74, 6) is 1.77. The molecule has 126 valence electrons. The predicted molar refractivity (Wildman–Crippen MR) is 82.1 cm³/mol. The number of carbonyl (C=O) groups excluding carboxylic acids is 1. The molecule has 0 unspecified atom stereocenters. The van der Waals surface area contributed by atoms with Gasteiger partial charge in [0.2, 0.25) is 5.89 Å². The van der Waals surface area contributed by atoms with Gasteiger partial charge < -0.3 is 14.2 Å². The number of ether oxygens (including phenoxy) is 1. The molecule has 4 rings (SSSR count). The molecule has 4 heterocycles. The van der Waals surface area contributed by atoms with E-state index in [0.717, 1.165) is 5.69 Å². The third-order valence-corrected chi connectivity index (χ3v) is 4.73. The average Bonchev–Trinajstić information content (AvgIpc) is 3.25. The van der Waals surface area contributed by atoms with E-state index in [2.05, 4.69) is 20.1 Å². The summed E-state index contributed by atoms with van der Waals surface area (Å²) in [6, 6.07) is 0. The fourth-order valence-corrected chi connectivity index (χ4v) is 3.49. The number of hydrogen-bond donors (Lipinski definition) is 0. The maximum absolute atomic E-state index is 12.6. The zero-order chi connectivity index (χ0) is 16.7. The normalized spacial score (nSPS) is 25.9. The van der Waals surface area contributed by atoms with E-state index in [4.69, 9.17) is 9.26 Å². The van der Waals surface area contributed by atoms with Gasteiger partial charge in [-0.25, -0.2) is 4.98 Å². The number of amides is 1. The second-order valence-corrected chi connectivity index (χ2v) is 6.49. The van der Waals surface area contributed by atoms with Crippen LogP contribution in [0.25, 0.3) is 0 Å². The van der Waals surface area contributed by atoms with Crippen molar-refractivity contribution in [1.82, 2.24) is 25.0 Å². The van der Waals surface area contributed by atoms with Gasteiger partial charge in [0, 0.05) is 31.6 Å². The number of nitrogens with zero attached hydrogens (tertiary/aromatic N) is 5. The van der Waals surface area contributed by atoms with E-state index in [1.54, 1.807) is 18.0 Å². The number of rotatable bonds is 3. The second kappa shape index (κ2) is 5.94. The maximum Gasteiger partial charge on any atom is 0.274 e. The maximum atomic E-state index is 12.6. The lowest BCUT2D eigenvalue weighted by Crippen LogP contribution is -2.32. The summed E-state index contributed by atoms with van der Waals surface area (Å²) in [5, 5.41) is 3.83. The first-order valence-electron chi connectivity index (χ1n) is 8.09. The van der Waals surface area contributed by atoms with Gasteiger partial charge in [0.15, 0.2) is 5.82 Å². The van der Waals surface area contributed by atoms with Crippen LogP contribution in [0.3, 0.4) is 0 Å². The fraction of sp³-hybridized carbons (Fsp3) is 0.562. The monoisotopic (exact) mass is 329 g/mol. The summed E-state index contributed by atoms with van der Waals surface area (Å²) < 4.78 is 11.1. The van der Waals surface area contributed by atoms with E-state index in [1.165, 1.54) is 6.20 Å². The Bertz CT molecular complexity index is 744. The van der Waals surface area contributed by atoms with Gasteiger partial charge in [0.05, 0.1) is 24.6 Å². The number of likely N-dealkylation sites (tertiary alicyclic amines) is 1. The topological polar surface area (TPSA) is 94.2 Å². The zero-order valence-corrected chi connectivity index (χ0v) is 13.7. The molecule has 0 radical (unpaired) electrons. The highest BCUT2D eigenvalue weighted by molar-refractivity contribution is 5.92. The molecule has 1 amide bonds. The fourth-order valence-electron chi connectivity index (χ4n) is 3.49. The van der Waals surface area contributed by atoms with Crippen LogP contribution in [0, 0.1) is 25.7 Å². The Morgan fingerprint density at radius 3 is 2.88 bits per heavy atom. The van der Waals surface area contributed by atoms with Crippen molar-refractivity contribution in [1.29, 1.82) is 0 Å². The van der Waals surface area contributed by atoms with E-state index >= 15 is 0 Å². The van der Waals surface area contributed by atoms with Crippen molar-refractivity contribution in [2.24, 2.45) is 11.8 Å². The highest BCUT2D eigenvalue weighted by atomic mass is 16.5. The number of aryl methyl sites for hydroxylation is 2. The molecule has 3 atom stereocenters. The summed E-state index contributed by atoms with van der Waals surface area (Å²) in [6.07, 6.45) is 3.91. The van der Waals surface area contributed by atoms with Crippen LogP contribution in [0.4, 0.5) is 0 Å². The Labute approximate surface area is 139 Å². The average molecular weight is 329 g/mol. The van der Waals surface area contributed by atoms with Crippen LogP contribution in [0.5, 0.6) is 0 Å². The summed E-state index contributed by atoms with van der Waals surface area (Å²) in [4.78, 5) is 27.0. The smallest absolute Gasteiger partial charge is 0.274 e. The molecule has 2 aromatic heterocycles. The van der Waals surface area contributed by atoms with Gasteiger partial charge in [0.1, 0.15) is 5.69 Å². The minimum atomic E-state index is -0.0899. The van der Waals surface area contributed by atoms with E-state index < -0.39 is 0 Å². The minimum absolute atomic E-state index is 0.0707. The molecule has 0 spiro atoms. The third-order valence-electron chi connectivity index (χ3n) is 4.73. The zero-order valence-electron chi connectivity index (χ0n) is 13.7. The minimum Gasteiger partial charge on any atom is -0.376 e. The molecular formula is C16H19N5O3. The number of carbonyl (C=O) groups is 1. The van der Waals surface area contributed by atoms with Crippen molar-refractivity contribution in [3.8, 4) is 0 Å². The summed E-state index contributed by atoms with van der Waals surface area (Å²) >= 11 is 0. The highest BCUT2D eigenvalue weighted by Gasteiger charge is 2.45. The molecule has 2 saturated heterocycles. The van der Waals surface area contributed by atoms with Gasteiger partial charge in [-0.05, 0) is 19.8 Å². The van der Waals surface area contributed by atoms with E-state index in [1.807, 2.05) is 6.92 Å². The molecule has 0 bridgehead atoms. The molecule has 0 saturated carbocycles. The van der Waals surface area contributed by atoms with Gasteiger partial charge >= 0.3 is 0 Å². The van der Waals surface area contributed by atoms with Crippen LogP contribution in [0.15, 0.2) is 16.9 Å². The van der Waals surface area contributed by atoms with Crippen molar-refractivity contribution in [2.75, 3.05) is 19.7 Å². The highest BCUT2D eigenvalue weighted by Crippen LogP contribution is 2.35. The second-order valence-electron chi connectivity index (χ2n) is 6.49. The van der Waals surface area contributed by atoms with Crippen LogP contribution in [-0.2, 0) is 11.2 Å². The number of hydrogen-bond acceptors (Lipinski definition) is 7. The van der Waals surface area contributed by atoms with Crippen LogP contribution in [0.1, 0.15) is 27.9 Å². The van der Waals surface area contributed by atoms with E-state index in [9.17, 15) is 4.79 Å². The standard InChI is InChI=1S/C16H19N5O3/c1-9-4-18-13(5-17-9)16(22)21-6-12-11(8-23-14(12)7-21)3-15-19-10(2)20-24-15/h4-5,11-12,14H,3,6-8H2,1-2H3/t11-,12+,14+/m0/s1. The Balaban J connectivity index is 1.43. The van der Waals surface area contributed by atoms with Crippen LogP contribution < -0.4 is 0 Å². The molecule has 2 aromatic rings. The van der Waals surface area contributed by atoms with E-state index in [0.29, 0.717) is 49.4 Å². The molecule has 0 aromatic carbocycles. The molecule has 2 aliphatic rings. The van der Waals surface area contributed by atoms with Crippen LogP contribution >= 0.6 is 0 Å². The molecule has 2 aliphatic heterocycles. The SMILES string of the molecule is Cc1cnc(C(=O)N2C[C@@H]3[C@@H](Cc4nc(C)no4)CO[C@@H]3C2)cn1. The molecule has 2 fully saturated rings. The lowest BCUT2D eigenvalue weighted by Gasteiger charge is -2.18. The summed E-state index contributed by atoms with van der Waals surface area (Å²) in [5.41, 5.74) is 1.17. The lowest BCUT2D eigenvalue weighted by molar-refractivity contribution is 0.0671. The molecule has 0 N–H and O–H groups in total. The third kappa shape index (κ3) is 2.77.